The lowest BCUT2D eigenvalue weighted by Crippen LogP contribution is -2.72. The number of anilines is 3. The van der Waals surface area contributed by atoms with E-state index in [1.165, 1.54) is 108 Å². The molecule has 3 heteroatoms. The van der Waals surface area contributed by atoms with Gasteiger partial charge in [-0.2, -0.15) is 0 Å². The first-order valence-electron chi connectivity index (χ1n) is 26.3. The van der Waals surface area contributed by atoms with Crippen molar-refractivity contribution in [3.63, 3.8) is 0 Å². The third kappa shape index (κ3) is 6.69. The summed E-state index contributed by atoms with van der Waals surface area (Å²) in [7, 11) is -2.91. The Morgan fingerprint density at radius 3 is 1.51 bits per heavy atom. The Morgan fingerprint density at radius 2 is 0.789 bits per heavy atom. The quantitative estimate of drug-likeness (QED) is 0.130. The van der Waals surface area contributed by atoms with E-state index in [1.54, 1.807) is 0 Å². The molecular weight excluding hydrogens is 951 g/mol. The highest BCUT2D eigenvalue weighted by Crippen LogP contribution is 2.57. The molecule has 0 bridgehead atoms. The summed E-state index contributed by atoms with van der Waals surface area (Å²) in [5, 5.41) is 8.20. The van der Waals surface area contributed by atoms with Crippen LogP contribution < -0.4 is 25.6 Å². The van der Waals surface area contributed by atoms with Gasteiger partial charge in [-0.25, -0.2) is 0 Å². The molecule has 0 radical (unpaired) electrons. The van der Waals surface area contributed by atoms with E-state index in [0.29, 0.717) is 0 Å². The molecule has 0 fully saturated rings. The van der Waals surface area contributed by atoms with Gasteiger partial charge in [0.05, 0.1) is 5.41 Å². The molecule has 0 N–H and O–H groups in total. The second-order valence-corrected chi connectivity index (χ2v) is 25.1. The van der Waals surface area contributed by atoms with Crippen molar-refractivity contribution < 1.29 is 0 Å². The van der Waals surface area contributed by atoms with Crippen LogP contribution in [0.5, 0.6) is 0 Å². The van der Waals surface area contributed by atoms with E-state index in [0.717, 1.165) is 17.1 Å². The monoisotopic (exact) mass is 999 g/mol. The Bertz CT molecular complexity index is 4270. The summed E-state index contributed by atoms with van der Waals surface area (Å²) in [5.74, 6) is 0. The molecule has 15 rings (SSSR count). The molecule has 0 saturated heterocycles. The van der Waals surface area contributed by atoms with Crippen molar-refractivity contribution in [1.82, 2.24) is 0 Å². The number of rotatable bonds is 9. The van der Waals surface area contributed by atoms with Gasteiger partial charge in [0.2, 0.25) is 0 Å². The molecule has 0 amide bonds. The highest BCUT2D eigenvalue weighted by Gasteiger charge is 2.49. The van der Waals surface area contributed by atoms with Gasteiger partial charge in [-0.3, -0.25) is 0 Å². The van der Waals surface area contributed by atoms with Gasteiger partial charge in [-0.15, -0.1) is 11.3 Å². The van der Waals surface area contributed by atoms with Crippen LogP contribution in [0.2, 0.25) is 0 Å². The first-order valence-corrected chi connectivity index (χ1v) is 29.1. The van der Waals surface area contributed by atoms with E-state index in [4.69, 9.17) is 0 Å². The molecular formula is C73H49NSSi. The molecule has 356 valence electrons. The van der Waals surface area contributed by atoms with Crippen molar-refractivity contribution in [3.8, 4) is 44.5 Å². The fourth-order valence-corrected chi connectivity index (χ4v) is 19.6. The predicted molar refractivity (Wildman–Crippen MR) is 325 cm³/mol. The molecule has 0 spiro atoms. The number of hydrogen-bond acceptors (Lipinski definition) is 2. The first kappa shape index (κ1) is 44.4. The minimum atomic E-state index is -2.91. The van der Waals surface area contributed by atoms with Gasteiger partial charge < -0.3 is 4.90 Å². The van der Waals surface area contributed by atoms with Crippen LogP contribution in [0.4, 0.5) is 17.1 Å². The van der Waals surface area contributed by atoms with E-state index in [2.05, 4.69) is 302 Å². The molecule has 1 nitrogen and oxygen atoms in total. The van der Waals surface area contributed by atoms with Crippen molar-refractivity contribution in [2.24, 2.45) is 0 Å². The zero-order valence-electron chi connectivity index (χ0n) is 41.6. The summed E-state index contributed by atoms with van der Waals surface area (Å²) in [5.41, 5.74) is 18.1. The van der Waals surface area contributed by atoms with Gasteiger partial charge in [0, 0.05) is 37.2 Å². The fraction of sp³-hybridized carbons (Fsp3) is 0.0137. The minimum absolute atomic E-state index is 0.471. The minimum Gasteiger partial charge on any atom is -0.310 e. The van der Waals surface area contributed by atoms with Crippen molar-refractivity contribution >= 4 is 77.4 Å². The molecule has 1 aromatic heterocycles. The zero-order chi connectivity index (χ0) is 50.2. The summed E-state index contributed by atoms with van der Waals surface area (Å²) in [6, 6.07) is 112. The van der Waals surface area contributed by atoms with Crippen LogP contribution in [0.1, 0.15) is 22.3 Å². The number of nitrogens with zero attached hydrogens (tertiary/aromatic N) is 1. The van der Waals surface area contributed by atoms with Crippen LogP contribution >= 0.6 is 11.3 Å². The van der Waals surface area contributed by atoms with E-state index in [9.17, 15) is 0 Å². The predicted octanol–water partition coefficient (Wildman–Crippen LogP) is 16.6. The average molecular weight is 1000 g/mol. The molecule has 13 aromatic rings. The topological polar surface area (TPSA) is 3.24 Å². The van der Waals surface area contributed by atoms with Crippen LogP contribution in [-0.4, -0.2) is 8.07 Å². The maximum absolute atomic E-state index is 2.91. The molecule has 1 aliphatic heterocycles. The number of fused-ring (bicyclic) bond motifs is 9. The summed E-state index contributed by atoms with van der Waals surface area (Å²) in [6.45, 7) is 0. The summed E-state index contributed by atoms with van der Waals surface area (Å²) < 4.78 is 2.58. The molecule has 0 unspecified atom stereocenters. The van der Waals surface area contributed by atoms with Crippen molar-refractivity contribution in [2.45, 2.75) is 5.41 Å². The fourth-order valence-electron chi connectivity index (χ4n) is 13.2. The largest absolute Gasteiger partial charge is 0.310 e. The first-order chi connectivity index (χ1) is 37.7. The lowest BCUT2D eigenvalue weighted by atomic mass is 9.67. The molecule has 1 aliphatic carbocycles. The van der Waals surface area contributed by atoms with Gasteiger partial charge in [-0.05, 0) is 136 Å². The van der Waals surface area contributed by atoms with Crippen molar-refractivity contribution in [1.29, 1.82) is 0 Å². The van der Waals surface area contributed by atoms with Gasteiger partial charge in [-0.1, -0.05) is 249 Å². The van der Waals surface area contributed by atoms with Crippen LogP contribution in [0, 0.1) is 0 Å². The number of thiophene rings is 1. The molecule has 0 atom stereocenters. The SMILES string of the molecule is c1ccc(-c2cccc([Si]3(c4cccc(N(c5ccc(-c6ccc7c(c6)C(c6ccccc6)(c6ccccc6)c6ccccc6-7)cc5)c5ccc6c(c5)sc5ccccc56)c4)c4ccccc4-c4ccccc43)c2)cc1. The highest BCUT2D eigenvalue weighted by molar-refractivity contribution is 7.26. The summed E-state index contributed by atoms with van der Waals surface area (Å²) in [4.78, 5) is 2.49. The second kappa shape index (κ2) is 17.8. The third-order valence-electron chi connectivity index (χ3n) is 16.4. The molecule has 2 heterocycles. The van der Waals surface area contributed by atoms with Crippen LogP contribution in [0.25, 0.3) is 64.7 Å². The lowest BCUT2D eigenvalue weighted by Gasteiger charge is -2.34. The Kier molecular flexibility index (Phi) is 10.4. The standard InChI is InChI=1S/C73H49NSSi/c1-4-20-50(21-5-1)52-22-18-28-59(46-52)76(71-36-16-12-32-65(71)66-33-13-17-37-72(66)76)60-29-19-27-57(48-60)74(58-43-45-64-63-31-11-15-35-69(63)75-70(64)49-58)56-41-38-51(39-42-56)53-40-44-62-61-30-10-14-34-67(61)73(68(62)47-53,54-23-6-2-7-24-54)55-25-8-3-9-26-55/h1-49H. The smallest absolute Gasteiger partial charge is 0.180 e. The molecule has 0 saturated carbocycles. The van der Waals surface area contributed by atoms with E-state index >= 15 is 0 Å². The van der Waals surface area contributed by atoms with Crippen molar-refractivity contribution in [2.75, 3.05) is 4.90 Å². The number of hydrogen-bond donors (Lipinski definition) is 0. The lowest BCUT2D eigenvalue weighted by molar-refractivity contribution is 0.769. The maximum Gasteiger partial charge on any atom is 0.180 e. The van der Waals surface area contributed by atoms with Gasteiger partial charge >= 0.3 is 0 Å². The maximum atomic E-state index is 2.52. The molecule has 2 aliphatic rings. The number of benzene rings is 12. The zero-order valence-corrected chi connectivity index (χ0v) is 43.5. The van der Waals surface area contributed by atoms with E-state index in [-0.39, 0.29) is 0 Å². The normalized spacial score (nSPS) is 13.5. The molecule has 12 aromatic carbocycles. The van der Waals surface area contributed by atoms with Crippen molar-refractivity contribution in [3.05, 3.63) is 320 Å². The summed E-state index contributed by atoms with van der Waals surface area (Å²) in [6.07, 6.45) is 0. The van der Waals surface area contributed by atoms with Gasteiger partial charge in [0.15, 0.2) is 8.07 Å². The Balaban J connectivity index is 0.910. The Hall–Kier alpha value is -9.12. The van der Waals surface area contributed by atoms with E-state index in [1.807, 2.05) is 11.3 Å². The van der Waals surface area contributed by atoms with Gasteiger partial charge in [0.25, 0.3) is 0 Å². The Labute approximate surface area is 449 Å². The third-order valence-corrected chi connectivity index (χ3v) is 22.4. The average Bonchev–Trinajstić information content (AvgIpc) is 4.32. The van der Waals surface area contributed by atoms with Crippen LogP contribution in [0.3, 0.4) is 0 Å². The van der Waals surface area contributed by atoms with Crippen LogP contribution in [-0.2, 0) is 5.41 Å². The summed E-state index contributed by atoms with van der Waals surface area (Å²) >= 11 is 1.87. The Morgan fingerprint density at radius 1 is 0.289 bits per heavy atom. The second-order valence-electron chi connectivity index (χ2n) is 20.3. The molecule has 76 heavy (non-hydrogen) atoms. The van der Waals surface area contributed by atoms with Crippen LogP contribution in [0.15, 0.2) is 297 Å². The highest BCUT2D eigenvalue weighted by atomic mass is 32.1. The van der Waals surface area contributed by atoms with E-state index < -0.39 is 13.5 Å². The van der Waals surface area contributed by atoms with Gasteiger partial charge in [0.1, 0.15) is 0 Å².